The van der Waals surface area contributed by atoms with Gasteiger partial charge in [0.1, 0.15) is 12.1 Å². The number of hydrogen-bond donors (Lipinski definition) is 0. The zero-order chi connectivity index (χ0) is 14.1. The second-order valence-electron chi connectivity index (χ2n) is 5.41. The number of pyridine rings is 1. The molecule has 0 N–H and O–H groups in total. The van der Waals surface area contributed by atoms with Gasteiger partial charge in [0.25, 0.3) is 0 Å². The summed E-state index contributed by atoms with van der Waals surface area (Å²) in [5.41, 5.74) is 2.21. The van der Waals surface area contributed by atoms with E-state index in [4.69, 9.17) is 16.6 Å². The van der Waals surface area contributed by atoms with Gasteiger partial charge in [-0.15, -0.1) is 21.8 Å². The van der Waals surface area contributed by atoms with Gasteiger partial charge in [-0.3, -0.25) is 0 Å². The standard InChI is InChI=1S/C14H18ClN5/c1-10(2)12-5-11(7-15)6-13(17-12)19-3-4-20-9-16-18-14(20)8-19/h5-6,9-10H,3-4,7-8H2,1-2H3. The molecule has 106 valence electrons. The van der Waals surface area contributed by atoms with Gasteiger partial charge in [0.05, 0.1) is 6.54 Å². The summed E-state index contributed by atoms with van der Waals surface area (Å²) in [5, 5.41) is 8.11. The number of hydrogen-bond acceptors (Lipinski definition) is 4. The van der Waals surface area contributed by atoms with Gasteiger partial charge >= 0.3 is 0 Å². The van der Waals surface area contributed by atoms with E-state index in [1.54, 1.807) is 6.33 Å². The Bertz CT molecular complexity index is 607. The van der Waals surface area contributed by atoms with Crippen LogP contribution in [0.2, 0.25) is 0 Å². The minimum Gasteiger partial charge on any atom is -0.347 e. The van der Waals surface area contributed by atoms with E-state index in [9.17, 15) is 0 Å². The van der Waals surface area contributed by atoms with Crippen molar-refractivity contribution in [3.8, 4) is 0 Å². The van der Waals surface area contributed by atoms with Crippen molar-refractivity contribution in [1.82, 2.24) is 19.7 Å². The van der Waals surface area contributed by atoms with Crippen LogP contribution in [-0.2, 0) is 19.0 Å². The maximum absolute atomic E-state index is 6.01. The zero-order valence-electron chi connectivity index (χ0n) is 11.8. The third-order valence-electron chi connectivity index (χ3n) is 3.60. The maximum atomic E-state index is 6.01. The van der Waals surface area contributed by atoms with Crippen LogP contribution in [0.4, 0.5) is 5.82 Å². The SMILES string of the molecule is CC(C)c1cc(CCl)cc(N2CCn3cnnc3C2)n1. The Kier molecular flexibility index (Phi) is 3.61. The molecule has 0 aliphatic carbocycles. The molecule has 0 spiro atoms. The van der Waals surface area contributed by atoms with Crippen molar-refractivity contribution in [2.75, 3.05) is 11.4 Å². The molecule has 5 nitrogen and oxygen atoms in total. The van der Waals surface area contributed by atoms with E-state index in [0.717, 1.165) is 42.5 Å². The lowest BCUT2D eigenvalue weighted by Gasteiger charge is -2.29. The molecule has 20 heavy (non-hydrogen) atoms. The predicted molar refractivity (Wildman–Crippen MR) is 79.0 cm³/mol. The fraction of sp³-hybridized carbons (Fsp3) is 0.500. The average molecular weight is 292 g/mol. The van der Waals surface area contributed by atoms with E-state index in [1.165, 1.54) is 0 Å². The van der Waals surface area contributed by atoms with Crippen LogP contribution in [-0.4, -0.2) is 26.3 Å². The fourth-order valence-corrected chi connectivity index (χ4v) is 2.55. The molecule has 0 aromatic carbocycles. The topological polar surface area (TPSA) is 46.8 Å². The normalized spacial score (nSPS) is 14.7. The third kappa shape index (κ3) is 2.50. The summed E-state index contributed by atoms with van der Waals surface area (Å²) in [6, 6.07) is 4.17. The molecular formula is C14H18ClN5. The van der Waals surface area contributed by atoms with E-state index >= 15 is 0 Å². The van der Waals surface area contributed by atoms with E-state index in [0.29, 0.717) is 11.8 Å². The van der Waals surface area contributed by atoms with Crippen molar-refractivity contribution in [3.05, 3.63) is 35.5 Å². The van der Waals surface area contributed by atoms with E-state index < -0.39 is 0 Å². The highest BCUT2D eigenvalue weighted by Crippen LogP contribution is 2.23. The first kappa shape index (κ1) is 13.4. The molecule has 0 amide bonds. The van der Waals surface area contributed by atoms with Gasteiger partial charge < -0.3 is 9.47 Å². The van der Waals surface area contributed by atoms with Crippen LogP contribution in [0.25, 0.3) is 0 Å². The Morgan fingerprint density at radius 1 is 1.30 bits per heavy atom. The lowest BCUT2D eigenvalue weighted by Crippen LogP contribution is -2.34. The van der Waals surface area contributed by atoms with Gasteiger partial charge in [-0.1, -0.05) is 13.8 Å². The molecule has 2 aromatic heterocycles. The molecule has 0 fully saturated rings. The molecule has 1 aliphatic heterocycles. The van der Waals surface area contributed by atoms with E-state index in [2.05, 4.69) is 45.6 Å². The Morgan fingerprint density at radius 2 is 2.15 bits per heavy atom. The van der Waals surface area contributed by atoms with Crippen LogP contribution in [0.15, 0.2) is 18.5 Å². The second kappa shape index (κ2) is 5.40. The number of fused-ring (bicyclic) bond motifs is 1. The Hall–Kier alpha value is -1.62. The number of halogens is 1. The van der Waals surface area contributed by atoms with Crippen LogP contribution in [0.1, 0.15) is 36.8 Å². The van der Waals surface area contributed by atoms with Crippen LogP contribution >= 0.6 is 11.6 Å². The van der Waals surface area contributed by atoms with Gasteiger partial charge in [-0.2, -0.15) is 0 Å². The predicted octanol–water partition coefficient (Wildman–Crippen LogP) is 2.56. The molecule has 6 heteroatoms. The van der Waals surface area contributed by atoms with Gasteiger partial charge in [0.15, 0.2) is 5.82 Å². The Balaban J connectivity index is 1.92. The highest BCUT2D eigenvalue weighted by Gasteiger charge is 2.19. The third-order valence-corrected chi connectivity index (χ3v) is 3.91. The van der Waals surface area contributed by atoms with Crippen LogP contribution in [0.5, 0.6) is 0 Å². The summed E-state index contributed by atoms with van der Waals surface area (Å²) < 4.78 is 2.09. The molecule has 0 saturated heterocycles. The van der Waals surface area contributed by atoms with Gasteiger partial charge in [-0.25, -0.2) is 4.98 Å². The molecule has 2 aromatic rings. The molecule has 0 unspecified atom stereocenters. The summed E-state index contributed by atoms with van der Waals surface area (Å²) in [6.07, 6.45) is 1.79. The monoisotopic (exact) mass is 291 g/mol. The highest BCUT2D eigenvalue weighted by molar-refractivity contribution is 6.17. The number of anilines is 1. The average Bonchev–Trinajstić information content (AvgIpc) is 2.94. The van der Waals surface area contributed by atoms with E-state index in [1.807, 2.05) is 0 Å². The zero-order valence-corrected chi connectivity index (χ0v) is 12.5. The van der Waals surface area contributed by atoms with Crippen LogP contribution < -0.4 is 4.90 Å². The smallest absolute Gasteiger partial charge is 0.152 e. The van der Waals surface area contributed by atoms with Crippen molar-refractivity contribution in [2.45, 2.75) is 38.7 Å². The molecule has 0 saturated carbocycles. The molecule has 0 atom stereocenters. The van der Waals surface area contributed by atoms with Crippen molar-refractivity contribution >= 4 is 17.4 Å². The molecule has 0 radical (unpaired) electrons. The van der Waals surface area contributed by atoms with Crippen molar-refractivity contribution < 1.29 is 0 Å². The summed E-state index contributed by atoms with van der Waals surface area (Å²) in [5.74, 6) is 2.88. The molecule has 3 heterocycles. The van der Waals surface area contributed by atoms with Gasteiger partial charge in [-0.05, 0) is 23.6 Å². The second-order valence-corrected chi connectivity index (χ2v) is 5.68. The quantitative estimate of drug-likeness (QED) is 0.816. The first-order valence-electron chi connectivity index (χ1n) is 6.86. The minimum atomic E-state index is 0.394. The molecular weight excluding hydrogens is 274 g/mol. The summed E-state index contributed by atoms with van der Waals surface area (Å²) in [4.78, 5) is 7.01. The molecule has 0 bridgehead atoms. The molecule has 1 aliphatic rings. The Morgan fingerprint density at radius 3 is 2.90 bits per heavy atom. The minimum absolute atomic E-state index is 0.394. The van der Waals surface area contributed by atoms with Crippen LogP contribution in [0.3, 0.4) is 0 Å². The first-order valence-corrected chi connectivity index (χ1v) is 7.39. The maximum Gasteiger partial charge on any atom is 0.152 e. The molecule has 3 rings (SSSR count). The van der Waals surface area contributed by atoms with Crippen molar-refractivity contribution in [2.24, 2.45) is 0 Å². The summed E-state index contributed by atoms with van der Waals surface area (Å²) in [6.45, 7) is 6.86. The van der Waals surface area contributed by atoms with Crippen LogP contribution in [0, 0.1) is 0 Å². The van der Waals surface area contributed by atoms with Crippen molar-refractivity contribution in [3.63, 3.8) is 0 Å². The lowest BCUT2D eigenvalue weighted by atomic mass is 10.1. The summed E-state index contributed by atoms with van der Waals surface area (Å²) >= 11 is 6.01. The summed E-state index contributed by atoms with van der Waals surface area (Å²) in [7, 11) is 0. The number of alkyl halides is 1. The number of nitrogens with zero attached hydrogens (tertiary/aromatic N) is 5. The van der Waals surface area contributed by atoms with E-state index in [-0.39, 0.29) is 0 Å². The number of rotatable bonds is 3. The van der Waals surface area contributed by atoms with Crippen molar-refractivity contribution in [1.29, 1.82) is 0 Å². The lowest BCUT2D eigenvalue weighted by molar-refractivity contribution is 0.555. The fourth-order valence-electron chi connectivity index (χ4n) is 2.39. The largest absolute Gasteiger partial charge is 0.347 e. The first-order chi connectivity index (χ1) is 9.67. The number of aromatic nitrogens is 4. The highest BCUT2D eigenvalue weighted by atomic mass is 35.5. The van der Waals surface area contributed by atoms with Gasteiger partial charge in [0.2, 0.25) is 0 Å². The van der Waals surface area contributed by atoms with Gasteiger partial charge in [0, 0.05) is 24.7 Å². The Labute approximate surface area is 123 Å².